The van der Waals surface area contributed by atoms with Gasteiger partial charge >= 0.3 is 5.97 Å². The number of carboxylic acid groups (broad SMARTS) is 1. The summed E-state index contributed by atoms with van der Waals surface area (Å²) in [6, 6.07) is 7.22. The lowest BCUT2D eigenvalue weighted by Gasteiger charge is -2.10. The predicted octanol–water partition coefficient (Wildman–Crippen LogP) is -0.0645. The second kappa shape index (κ2) is 6.61. The normalized spacial score (nSPS) is 11.7. The molecule has 0 spiro atoms. The van der Waals surface area contributed by atoms with Crippen molar-refractivity contribution in [3.63, 3.8) is 0 Å². The Labute approximate surface area is 104 Å². The molecule has 1 atom stereocenters. The Hall–Kier alpha value is -2.08. The molecule has 18 heavy (non-hydrogen) atoms. The van der Waals surface area contributed by atoms with Gasteiger partial charge in [-0.1, -0.05) is 18.2 Å². The number of ether oxygens (including phenoxy) is 1. The van der Waals surface area contributed by atoms with Gasteiger partial charge in [-0.2, -0.15) is 0 Å². The molecule has 0 saturated heterocycles. The van der Waals surface area contributed by atoms with E-state index in [1.807, 2.05) is 19.1 Å². The summed E-state index contributed by atoms with van der Waals surface area (Å²) in [4.78, 5) is 21.6. The van der Waals surface area contributed by atoms with E-state index in [1.165, 1.54) is 0 Å². The number of hydrogen-bond acceptors (Lipinski definition) is 4. The molecule has 0 aliphatic rings. The molecule has 1 amide bonds. The highest BCUT2D eigenvalue weighted by Gasteiger charge is 2.14. The summed E-state index contributed by atoms with van der Waals surface area (Å²) in [6.45, 7) is 1.28. The first-order valence-electron chi connectivity index (χ1n) is 5.36. The number of amides is 1. The lowest BCUT2D eigenvalue weighted by Crippen LogP contribution is -2.38. The third-order valence-electron chi connectivity index (χ3n) is 2.23. The van der Waals surface area contributed by atoms with Crippen molar-refractivity contribution in [3.05, 3.63) is 29.8 Å². The molecule has 0 heterocycles. The number of aryl methyl sites for hydroxylation is 1. The van der Waals surface area contributed by atoms with E-state index in [1.54, 1.807) is 12.1 Å². The SMILES string of the molecule is Cc1ccccc1OCC(=O)NC[C@H](O)C(=O)O. The van der Waals surface area contributed by atoms with E-state index in [0.717, 1.165) is 5.56 Å². The highest BCUT2D eigenvalue weighted by molar-refractivity contribution is 5.79. The summed E-state index contributed by atoms with van der Waals surface area (Å²) in [5.41, 5.74) is 0.899. The second-order valence-corrected chi connectivity index (χ2v) is 3.71. The van der Waals surface area contributed by atoms with E-state index < -0.39 is 18.0 Å². The van der Waals surface area contributed by atoms with Gasteiger partial charge in [-0.15, -0.1) is 0 Å². The maximum Gasteiger partial charge on any atom is 0.334 e. The van der Waals surface area contributed by atoms with Crippen LogP contribution in [0, 0.1) is 6.92 Å². The Morgan fingerprint density at radius 2 is 2.06 bits per heavy atom. The molecule has 3 N–H and O–H groups in total. The van der Waals surface area contributed by atoms with Crippen LogP contribution in [-0.4, -0.2) is 41.3 Å². The molecule has 0 unspecified atom stereocenters. The van der Waals surface area contributed by atoms with E-state index in [2.05, 4.69) is 5.32 Å². The van der Waals surface area contributed by atoms with Crippen LogP contribution in [0.25, 0.3) is 0 Å². The van der Waals surface area contributed by atoms with Crippen molar-refractivity contribution in [2.24, 2.45) is 0 Å². The van der Waals surface area contributed by atoms with Gasteiger partial charge in [0.15, 0.2) is 12.7 Å². The van der Waals surface area contributed by atoms with Gasteiger partial charge in [0.2, 0.25) is 0 Å². The topological polar surface area (TPSA) is 95.9 Å². The molecule has 98 valence electrons. The average molecular weight is 253 g/mol. The Morgan fingerprint density at radius 1 is 1.39 bits per heavy atom. The summed E-state index contributed by atoms with van der Waals surface area (Å²) < 4.78 is 5.25. The quantitative estimate of drug-likeness (QED) is 0.660. The Balaban J connectivity index is 2.34. The van der Waals surface area contributed by atoms with Gasteiger partial charge in [-0.3, -0.25) is 4.79 Å². The first-order valence-corrected chi connectivity index (χ1v) is 5.36. The number of aliphatic hydroxyl groups is 1. The van der Waals surface area contributed by atoms with E-state index in [-0.39, 0.29) is 13.2 Å². The highest BCUT2D eigenvalue weighted by atomic mass is 16.5. The summed E-state index contributed by atoms with van der Waals surface area (Å²) in [5, 5.41) is 19.6. The number of benzene rings is 1. The number of nitrogens with one attached hydrogen (secondary N) is 1. The number of carbonyl (C=O) groups excluding carboxylic acids is 1. The first-order chi connectivity index (χ1) is 8.50. The smallest absolute Gasteiger partial charge is 0.334 e. The molecule has 1 rings (SSSR count). The van der Waals surface area contributed by atoms with E-state index in [9.17, 15) is 9.59 Å². The lowest BCUT2D eigenvalue weighted by molar-refractivity contribution is -0.146. The average Bonchev–Trinajstić information content (AvgIpc) is 2.34. The van der Waals surface area contributed by atoms with Gasteiger partial charge in [0.05, 0.1) is 6.54 Å². The fourth-order valence-corrected chi connectivity index (χ4v) is 1.21. The van der Waals surface area contributed by atoms with Crippen molar-refractivity contribution in [3.8, 4) is 5.75 Å². The van der Waals surface area contributed by atoms with Gasteiger partial charge in [0.25, 0.3) is 5.91 Å². The van der Waals surface area contributed by atoms with Gasteiger partial charge in [0.1, 0.15) is 5.75 Å². The predicted molar refractivity (Wildman–Crippen MR) is 63.3 cm³/mol. The first kappa shape index (κ1) is 14.0. The fourth-order valence-electron chi connectivity index (χ4n) is 1.21. The fraction of sp³-hybridized carbons (Fsp3) is 0.333. The zero-order chi connectivity index (χ0) is 13.5. The van der Waals surface area contributed by atoms with Crippen LogP contribution in [0.3, 0.4) is 0 Å². The van der Waals surface area contributed by atoms with Gasteiger partial charge in [-0.05, 0) is 18.6 Å². The monoisotopic (exact) mass is 253 g/mol. The molecular formula is C12H15NO5. The molecule has 0 fully saturated rings. The van der Waals surface area contributed by atoms with Gasteiger partial charge in [-0.25, -0.2) is 4.79 Å². The molecule has 0 saturated carbocycles. The molecule has 1 aromatic carbocycles. The maximum absolute atomic E-state index is 11.3. The maximum atomic E-state index is 11.3. The van der Waals surface area contributed by atoms with E-state index in [0.29, 0.717) is 5.75 Å². The molecule has 6 heteroatoms. The third kappa shape index (κ3) is 4.42. The molecule has 0 bridgehead atoms. The van der Waals surface area contributed by atoms with Crippen molar-refractivity contribution < 1.29 is 24.5 Å². The number of aliphatic carboxylic acids is 1. The number of rotatable bonds is 6. The molecule has 1 aromatic rings. The largest absolute Gasteiger partial charge is 0.484 e. The van der Waals surface area contributed by atoms with Crippen LogP contribution in [0.5, 0.6) is 5.75 Å². The standard InChI is InChI=1S/C12H15NO5/c1-8-4-2-3-5-10(8)18-7-11(15)13-6-9(14)12(16)17/h2-5,9,14H,6-7H2,1H3,(H,13,15)(H,16,17)/t9-/m0/s1. The zero-order valence-electron chi connectivity index (χ0n) is 9.92. The van der Waals surface area contributed by atoms with Crippen molar-refractivity contribution in [2.45, 2.75) is 13.0 Å². The molecule has 0 aromatic heterocycles. The summed E-state index contributed by atoms with van der Waals surface area (Å²) in [7, 11) is 0. The molecule has 0 aliphatic carbocycles. The van der Waals surface area contributed by atoms with E-state index in [4.69, 9.17) is 14.9 Å². The Morgan fingerprint density at radius 3 is 2.67 bits per heavy atom. The second-order valence-electron chi connectivity index (χ2n) is 3.71. The van der Waals surface area contributed by atoms with Crippen LogP contribution < -0.4 is 10.1 Å². The van der Waals surface area contributed by atoms with Crippen molar-refractivity contribution in [1.29, 1.82) is 0 Å². The zero-order valence-corrected chi connectivity index (χ0v) is 9.92. The summed E-state index contributed by atoms with van der Waals surface area (Å²) in [6.07, 6.45) is -1.60. The van der Waals surface area contributed by atoms with Crippen LogP contribution in [0.15, 0.2) is 24.3 Å². The molecule has 6 nitrogen and oxygen atoms in total. The number of para-hydroxylation sites is 1. The lowest BCUT2D eigenvalue weighted by atomic mass is 10.2. The number of carbonyl (C=O) groups is 2. The van der Waals surface area contributed by atoms with Crippen LogP contribution in [0.4, 0.5) is 0 Å². The molecule has 0 radical (unpaired) electrons. The minimum absolute atomic E-state index is 0.225. The van der Waals surface area contributed by atoms with E-state index >= 15 is 0 Å². The van der Waals surface area contributed by atoms with Crippen LogP contribution in [0.2, 0.25) is 0 Å². The number of hydrogen-bond donors (Lipinski definition) is 3. The molecule has 0 aliphatic heterocycles. The highest BCUT2D eigenvalue weighted by Crippen LogP contribution is 2.15. The summed E-state index contributed by atoms with van der Waals surface area (Å²) in [5.74, 6) is -1.28. The summed E-state index contributed by atoms with van der Waals surface area (Å²) >= 11 is 0. The third-order valence-corrected chi connectivity index (χ3v) is 2.23. The van der Waals surface area contributed by atoms with Crippen LogP contribution in [0.1, 0.15) is 5.56 Å². The minimum atomic E-state index is -1.60. The van der Waals surface area contributed by atoms with Gasteiger partial charge < -0.3 is 20.3 Å². The van der Waals surface area contributed by atoms with Crippen molar-refractivity contribution >= 4 is 11.9 Å². The van der Waals surface area contributed by atoms with Gasteiger partial charge in [0, 0.05) is 0 Å². The van der Waals surface area contributed by atoms with Crippen LogP contribution >= 0.6 is 0 Å². The number of carboxylic acids is 1. The van der Waals surface area contributed by atoms with Crippen LogP contribution in [-0.2, 0) is 9.59 Å². The minimum Gasteiger partial charge on any atom is -0.484 e. The Bertz CT molecular complexity index is 432. The molecular weight excluding hydrogens is 238 g/mol. The van der Waals surface area contributed by atoms with Crippen molar-refractivity contribution in [2.75, 3.05) is 13.2 Å². The Kier molecular flexibility index (Phi) is 5.13. The van der Waals surface area contributed by atoms with Crippen molar-refractivity contribution in [1.82, 2.24) is 5.32 Å². The number of aliphatic hydroxyl groups excluding tert-OH is 1.